The van der Waals surface area contributed by atoms with Crippen LogP contribution in [0.25, 0.3) is 5.69 Å². The van der Waals surface area contributed by atoms with Crippen molar-refractivity contribution in [3.8, 4) is 11.4 Å². The Kier molecular flexibility index (Phi) is 5.02. The topological polar surface area (TPSA) is 99.0 Å². The molecule has 3 rings (SSSR count). The molecule has 0 aliphatic rings. The maximum absolute atomic E-state index is 12.3. The molecule has 0 spiro atoms. The maximum Gasteiger partial charge on any atom is 0.265 e. The van der Waals surface area contributed by atoms with Crippen molar-refractivity contribution in [2.24, 2.45) is 0 Å². The van der Waals surface area contributed by atoms with Crippen LogP contribution in [0.1, 0.15) is 24.2 Å². The van der Waals surface area contributed by atoms with Crippen molar-refractivity contribution in [3.63, 3.8) is 0 Å². The first-order valence-corrected chi connectivity index (χ1v) is 7.95. The molecule has 8 nitrogen and oxygen atoms in total. The average Bonchev–Trinajstić information content (AvgIpc) is 3.17. The summed E-state index contributed by atoms with van der Waals surface area (Å²) in [7, 11) is 0. The molecule has 0 saturated carbocycles. The minimum absolute atomic E-state index is 0.0234. The summed E-state index contributed by atoms with van der Waals surface area (Å²) in [6.07, 6.45) is 0.796. The SMILES string of the molecule is CC(=O)c1ccc(NC(=O)[C@H](C)Oc2ccc(-n3cnnn3)cc2)cc1. The van der Waals surface area contributed by atoms with Gasteiger partial charge in [0.05, 0.1) is 5.69 Å². The molecule has 26 heavy (non-hydrogen) atoms. The molecule has 8 heteroatoms. The molecule has 1 heterocycles. The first-order chi connectivity index (χ1) is 12.5. The number of carbonyl (C=O) groups excluding carboxylic acids is 2. The van der Waals surface area contributed by atoms with Crippen LogP contribution in [0.4, 0.5) is 5.69 Å². The molecule has 2 aromatic carbocycles. The summed E-state index contributed by atoms with van der Waals surface area (Å²) in [5.74, 6) is 0.242. The van der Waals surface area contributed by atoms with E-state index in [0.29, 0.717) is 17.0 Å². The number of hydrogen-bond donors (Lipinski definition) is 1. The number of nitrogens with one attached hydrogen (secondary N) is 1. The van der Waals surface area contributed by atoms with Gasteiger partial charge in [0.15, 0.2) is 11.9 Å². The highest BCUT2D eigenvalue weighted by Crippen LogP contribution is 2.17. The van der Waals surface area contributed by atoms with E-state index in [2.05, 4.69) is 20.8 Å². The van der Waals surface area contributed by atoms with Crippen LogP contribution in [0, 0.1) is 0 Å². The van der Waals surface area contributed by atoms with Crippen LogP contribution in [0.2, 0.25) is 0 Å². The van der Waals surface area contributed by atoms with E-state index in [-0.39, 0.29) is 11.7 Å². The summed E-state index contributed by atoms with van der Waals surface area (Å²) >= 11 is 0. The van der Waals surface area contributed by atoms with Gasteiger partial charge in [-0.15, -0.1) is 5.10 Å². The van der Waals surface area contributed by atoms with Crippen molar-refractivity contribution in [2.45, 2.75) is 20.0 Å². The number of amides is 1. The van der Waals surface area contributed by atoms with Crippen LogP contribution < -0.4 is 10.1 Å². The molecule has 0 saturated heterocycles. The fourth-order valence-corrected chi connectivity index (χ4v) is 2.25. The van der Waals surface area contributed by atoms with Gasteiger partial charge in [0.2, 0.25) is 0 Å². The number of tetrazole rings is 1. The van der Waals surface area contributed by atoms with Gasteiger partial charge in [-0.3, -0.25) is 9.59 Å². The summed E-state index contributed by atoms with van der Waals surface area (Å²) in [6, 6.07) is 13.8. The third-order valence-corrected chi connectivity index (χ3v) is 3.69. The lowest BCUT2D eigenvalue weighted by molar-refractivity contribution is -0.122. The van der Waals surface area contributed by atoms with Gasteiger partial charge in [-0.25, -0.2) is 4.68 Å². The number of benzene rings is 2. The summed E-state index contributed by atoms with van der Waals surface area (Å²) in [5, 5.41) is 13.7. The molecule has 0 fully saturated rings. The van der Waals surface area contributed by atoms with Gasteiger partial charge in [-0.05, 0) is 72.8 Å². The van der Waals surface area contributed by atoms with E-state index in [1.54, 1.807) is 55.5 Å². The summed E-state index contributed by atoms with van der Waals surface area (Å²) in [5.41, 5.74) is 1.98. The monoisotopic (exact) mass is 351 g/mol. The Hall–Kier alpha value is -3.55. The van der Waals surface area contributed by atoms with Crippen LogP contribution in [0.15, 0.2) is 54.9 Å². The number of carbonyl (C=O) groups is 2. The molecule has 0 aliphatic carbocycles. The summed E-state index contributed by atoms with van der Waals surface area (Å²) in [4.78, 5) is 23.5. The highest BCUT2D eigenvalue weighted by molar-refractivity contribution is 5.96. The zero-order valence-corrected chi connectivity index (χ0v) is 14.3. The molecule has 0 bridgehead atoms. The normalized spacial score (nSPS) is 11.6. The number of ketones is 1. The lowest BCUT2D eigenvalue weighted by atomic mass is 10.1. The molecule has 0 unspecified atom stereocenters. The van der Waals surface area contributed by atoms with Crippen LogP contribution in [-0.4, -0.2) is 38.0 Å². The Morgan fingerprint density at radius 3 is 2.35 bits per heavy atom. The van der Waals surface area contributed by atoms with E-state index in [1.165, 1.54) is 17.9 Å². The molecule has 1 amide bonds. The summed E-state index contributed by atoms with van der Waals surface area (Å²) in [6.45, 7) is 3.16. The molecule has 1 atom stereocenters. The Labute approximate surface area is 149 Å². The number of aromatic nitrogens is 4. The second-order valence-electron chi connectivity index (χ2n) is 5.63. The molecule has 1 N–H and O–H groups in total. The Morgan fingerprint density at radius 1 is 1.08 bits per heavy atom. The zero-order valence-electron chi connectivity index (χ0n) is 14.3. The van der Waals surface area contributed by atoms with E-state index in [9.17, 15) is 9.59 Å². The molecule has 132 valence electrons. The smallest absolute Gasteiger partial charge is 0.265 e. The van der Waals surface area contributed by atoms with Gasteiger partial charge in [0.25, 0.3) is 5.91 Å². The molecule has 0 radical (unpaired) electrons. The molecule has 1 aromatic heterocycles. The Balaban J connectivity index is 1.59. The minimum atomic E-state index is -0.693. The number of ether oxygens (including phenoxy) is 1. The van der Waals surface area contributed by atoms with Gasteiger partial charge in [0, 0.05) is 11.3 Å². The predicted molar refractivity (Wildman–Crippen MR) is 94.3 cm³/mol. The van der Waals surface area contributed by atoms with Gasteiger partial charge >= 0.3 is 0 Å². The van der Waals surface area contributed by atoms with Crippen LogP contribution in [-0.2, 0) is 4.79 Å². The molecule has 3 aromatic rings. The second kappa shape index (κ2) is 7.56. The van der Waals surface area contributed by atoms with Gasteiger partial charge in [-0.2, -0.15) is 0 Å². The number of Topliss-reactive ketones (excluding diaryl/α,β-unsaturated/α-hetero) is 1. The highest BCUT2D eigenvalue weighted by Gasteiger charge is 2.15. The van der Waals surface area contributed by atoms with Gasteiger partial charge < -0.3 is 10.1 Å². The largest absolute Gasteiger partial charge is 0.481 e. The van der Waals surface area contributed by atoms with Crippen molar-refractivity contribution in [2.75, 3.05) is 5.32 Å². The quantitative estimate of drug-likeness (QED) is 0.684. The van der Waals surface area contributed by atoms with Crippen LogP contribution in [0.5, 0.6) is 5.75 Å². The number of anilines is 1. The molecule has 0 aliphatic heterocycles. The Morgan fingerprint density at radius 2 is 1.77 bits per heavy atom. The van der Waals surface area contributed by atoms with E-state index in [4.69, 9.17) is 4.74 Å². The number of nitrogens with zero attached hydrogens (tertiary/aromatic N) is 4. The van der Waals surface area contributed by atoms with Crippen molar-refractivity contribution in [1.82, 2.24) is 20.2 Å². The van der Waals surface area contributed by atoms with Crippen molar-refractivity contribution >= 4 is 17.4 Å². The van der Waals surface area contributed by atoms with Crippen molar-refractivity contribution in [3.05, 3.63) is 60.4 Å². The van der Waals surface area contributed by atoms with Crippen LogP contribution in [0.3, 0.4) is 0 Å². The van der Waals surface area contributed by atoms with Gasteiger partial charge in [0.1, 0.15) is 12.1 Å². The maximum atomic E-state index is 12.3. The second-order valence-corrected chi connectivity index (χ2v) is 5.63. The van der Waals surface area contributed by atoms with Crippen LogP contribution >= 0.6 is 0 Å². The summed E-state index contributed by atoms with van der Waals surface area (Å²) < 4.78 is 7.17. The number of hydrogen-bond acceptors (Lipinski definition) is 6. The third-order valence-electron chi connectivity index (χ3n) is 3.69. The fraction of sp³-hybridized carbons (Fsp3) is 0.167. The van der Waals surface area contributed by atoms with Crippen molar-refractivity contribution in [1.29, 1.82) is 0 Å². The predicted octanol–water partition coefficient (Wildman–Crippen LogP) is 2.27. The zero-order chi connectivity index (χ0) is 18.5. The lowest BCUT2D eigenvalue weighted by Crippen LogP contribution is -2.30. The number of rotatable bonds is 6. The first-order valence-electron chi connectivity index (χ1n) is 7.95. The molecular weight excluding hydrogens is 334 g/mol. The Bertz CT molecular complexity index is 890. The minimum Gasteiger partial charge on any atom is -0.481 e. The van der Waals surface area contributed by atoms with E-state index >= 15 is 0 Å². The highest BCUT2D eigenvalue weighted by atomic mass is 16.5. The van der Waals surface area contributed by atoms with Crippen molar-refractivity contribution < 1.29 is 14.3 Å². The average molecular weight is 351 g/mol. The fourth-order valence-electron chi connectivity index (χ4n) is 2.25. The van der Waals surface area contributed by atoms with E-state index in [1.807, 2.05) is 0 Å². The van der Waals surface area contributed by atoms with E-state index < -0.39 is 6.10 Å². The van der Waals surface area contributed by atoms with E-state index in [0.717, 1.165) is 5.69 Å². The van der Waals surface area contributed by atoms with Gasteiger partial charge in [-0.1, -0.05) is 0 Å². The lowest BCUT2D eigenvalue weighted by Gasteiger charge is -2.15. The molecular formula is C18H17N5O3. The standard InChI is InChI=1S/C18H17N5O3/c1-12(24)14-3-5-15(6-4-14)20-18(25)13(2)26-17-9-7-16(8-10-17)23-11-19-21-22-23/h3-11,13H,1-2H3,(H,20,25)/t13-/m0/s1. The first kappa shape index (κ1) is 17.3. The third kappa shape index (κ3) is 4.10.